The fourth-order valence-electron chi connectivity index (χ4n) is 1.48. The van der Waals surface area contributed by atoms with Gasteiger partial charge in [0.2, 0.25) is 0 Å². The molecule has 1 heterocycles. The van der Waals surface area contributed by atoms with Crippen LogP contribution in [-0.2, 0) is 10.0 Å². The zero-order chi connectivity index (χ0) is 11.8. The van der Waals surface area contributed by atoms with Crippen molar-refractivity contribution in [1.82, 2.24) is 3.71 Å². The van der Waals surface area contributed by atoms with E-state index >= 15 is 0 Å². The highest BCUT2D eigenvalue weighted by Crippen LogP contribution is 2.33. The van der Waals surface area contributed by atoms with Gasteiger partial charge < -0.3 is 0 Å². The summed E-state index contributed by atoms with van der Waals surface area (Å²) in [7, 11) is -1.81. The molecule has 4 nitrogen and oxygen atoms in total. The Hall–Kier alpha value is -0.850. The molecule has 1 aliphatic rings. The van der Waals surface area contributed by atoms with Gasteiger partial charge in [0.25, 0.3) is 10.0 Å². The van der Waals surface area contributed by atoms with Gasteiger partial charge in [-0.2, -0.15) is 0 Å². The second kappa shape index (κ2) is 4.20. The van der Waals surface area contributed by atoms with E-state index < -0.39 is 10.0 Å². The third kappa shape index (κ3) is 1.77. The molecule has 0 fully saturated rings. The van der Waals surface area contributed by atoms with Gasteiger partial charge in [-0.15, -0.1) is 3.71 Å². The summed E-state index contributed by atoms with van der Waals surface area (Å²) < 4.78 is 25.3. The first-order valence-electron chi connectivity index (χ1n) is 4.88. The van der Waals surface area contributed by atoms with Gasteiger partial charge in [-0.3, -0.25) is 4.99 Å². The summed E-state index contributed by atoms with van der Waals surface area (Å²) >= 11 is 1.16. The van der Waals surface area contributed by atoms with E-state index in [2.05, 4.69) is 4.99 Å². The molecule has 0 radical (unpaired) electrons. The van der Waals surface area contributed by atoms with Crippen LogP contribution >= 0.6 is 11.9 Å². The molecule has 2 rings (SSSR count). The molecule has 0 saturated carbocycles. The molecular formula is C10H12N2O2S2. The Bertz CT molecular complexity index is 538. The number of rotatable bonds is 1. The maximum Gasteiger partial charge on any atom is 0.253 e. The molecular weight excluding hydrogens is 244 g/mol. The Balaban J connectivity index is 2.68. The molecule has 0 saturated heterocycles. The monoisotopic (exact) mass is 256 g/mol. The molecule has 0 amide bonds. The van der Waals surface area contributed by atoms with Gasteiger partial charge in [-0.25, -0.2) is 8.42 Å². The SMILES string of the molecule is CCN=C1SN(C)S(=O)(=O)c2ccccc21. The van der Waals surface area contributed by atoms with Crippen molar-refractivity contribution in [3.8, 4) is 0 Å². The Morgan fingerprint density at radius 3 is 2.75 bits per heavy atom. The summed E-state index contributed by atoms with van der Waals surface area (Å²) in [4.78, 5) is 4.65. The van der Waals surface area contributed by atoms with E-state index in [1.54, 1.807) is 25.2 Å². The van der Waals surface area contributed by atoms with Gasteiger partial charge >= 0.3 is 0 Å². The van der Waals surface area contributed by atoms with Crippen LogP contribution in [0, 0.1) is 0 Å². The molecule has 0 aliphatic carbocycles. The maximum absolute atomic E-state index is 12.0. The number of sulfonamides is 1. The quantitative estimate of drug-likeness (QED) is 0.719. The number of fused-ring (bicyclic) bond motifs is 1. The van der Waals surface area contributed by atoms with Crippen LogP contribution in [0.3, 0.4) is 0 Å². The highest BCUT2D eigenvalue weighted by Gasteiger charge is 2.32. The topological polar surface area (TPSA) is 49.7 Å². The first kappa shape index (κ1) is 11.6. The molecule has 1 aromatic carbocycles. The first-order valence-corrected chi connectivity index (χ1v) is 7.09. The Labute approximate surface area is 99.6 Å². The standard InChI is InChI=1S/C10H12N2O2S2/c1-3-11-10-8-6-4-5-7-9(8)16(13,14)12(2)15-10/h4-7H,3H2,1-2H3. The average Bonchev–Trinajstić information content (AvgIpc) is 2.27. The lowest BCUT2D eigenvalue weighted by Gasteiger charge is -2.24. The van der Waals surface area contributed by atoms with Crippen LogP contribution in [-0.4, -0.2) is 30.8 Å². The summed E-state index contributed by atoms with van der Waals surface area (Å²) in [5, 5.41) is 0.760. The third-order valence-corrected chi connectivity index (χ3v) is 5.43. The molecule has 1 aliphatic heterocycles. The van der Waals surface area contributed by atoms with Gasteiger partial charge in [0.1, 0.15) is 5.04 Å². The predicted octanol–water partition coefficient (Wildman–Crippen LogP) is 1.74. The summed E-state index contributed by atoms with van der Waals surface area (Å²) in [5.74, 6) is 0. The minimum atomic E-state index is -3.36. The minimum absolute atomic E-state index is 0.337. The second-order valence-electron chi connectivity index (χ2n) is 3.28. The zero-order valence-corrected chi connectivity index (χ0v) is 10.7. The van der Waals surface area contributed by atoms with Crippen LogP contribution in [0.25, 0.3) is 0 Å². The lowest BCUT2D eigenvalue weighted by molar-refractivity contribution is 0.564. The number of aliphatic imine (C=N–C) groups is 1. The van der Waals surface area contributed by atoms with Crippen molar-refractivity contribution in [2.24, 2.45) is 4.99 Å². The summed E-state index contributed by atoms with van der Waals surface area (Å²) in [6, 6.07) is 6.96. The highest BCUT2D eigenvalue weighted by molar-refractivity contribution is 8.19. The van der Waals surface area contributed by atoms with Gasteiger partial charge in [-0.05, 0) is 24.9 Å². The highest BCUT2D eigenvalue weighted by atomic mass is 32.3. The molecule has 1 aromatic rings. The van der Waals surface area contributed by atoms with Crippen molar-refractivity contribution in [2.75, 3.05) is 13.6 Å². The van der Waals surface area contributed by atoms with Crippen molar-refractivity contribution in [3.63, 3.8) is 0 Å². The van der Waals surface area contributed by atoms with Crippen LogP contribution in [0.15, 0.2) is 34.2 Å². The Kier molecular flexibility index (Phi) is 3.05. The molecule has 0 bridgehead atoms. The van der Waals surface area contributed by atoms with Crippen molar-refractivity contribution in [3.05, 3.63) is 29.8 Å². The lowest BCUT2D eigenvalue weighted by Crippen LogP contribution is -2.28. The van der Waals surface area contributed by atoms with Crippen molar-refractivity contribution in [2.45, 2.75) is 11.8 Å². The fraction of sp³-hybridized carbons (Fsp3) is 0.300. The normalized spacial score (nSPS) is 22.0. The summed E-state index contributed by atoms with van der Waals surface area (Å²) in [5.41, 5.74) is 0.701. The number of nitrogens with zero attached hydrogens (tertiary/aromatic N) is 2. The molecule has 86 valence electrons. The van der Waals surface area contributed by atoms with Crippen molar-refractivity contribution in [1.29, 1.82) is 0 Å². The van der Waals surface area contributed by atoms with Gasteiger partial charge in [0.05, 0.1) is 4.90 Å². The van der Waals surface area contributed by atoms with E-state index in [4.69, 9.17) is 0 Å². The Morgan fingerprint density at radius 1 is 1.38 bits per heavy atom. The minimum Gasteiger partial charge on any atom is -0.277 e. The third-order valence-electron chi connectivity index (χ3n) is 2.25. The van der Waals surface area contributed by atoms with Crippen LogP contribution < -0.4 is 0 Å². The van der Waals surface area contributed by atoms with Gasteiger partial charge in [0, 0.05) is 19.2 Å². The largest absolute Gasteiger partial charge is 0.277 e. The number of benzene rings is 1. The number of hydrogen-bond acceptors (Lipinski definition) is 4. The van der Waals surface area contributed by atoms with Crippen LogP contribution in [0.4, 0.5) is 0 Å². The fourth-order valence-corrected chi connectivity index (χ4v) is 4.07. The van der Waals surface area contributed by atoms with Crippen LogP contribution in [0.5, 0.6) is 0 Å². The molecule has 0 unspecified atom stereocenters. The van der Waals surface area contributed by atoms with E-state index in [0.717, 1.165) is 17.0 Å². The van der Waals surface area contributed by atoms with Crippen LogP contribution in [0.1, 0.15) is 12.5 Å². The maximum atomic E-state index is 12.0. The average molecular weight is 256 g/mol. The molecule has 0 N–H and O–H groups in total. The molecule has 6 heteroatoms. The first-order chi connectivity index (χ1) is 7.57. The van der Waals surface area contributed by atoms with Gasteiger partial charge in [0.15, 0.2) is 0 Å². The van der Waals surface area contributed by atoms with Gasteiger partial charge in [-0.1, -0.05) is 18.2 Å². The second-order valence-corrected chi connectivity index (χ2v) is 6.57. The van der Waals surface area contributed by atoms with Crippen molar-refractivity contribution < 1.29 is 8.42 Å². The molecule has 16 heavy (non-hydrogen) atoms. The van der Waals surface area contributed by atoms with Crippen molar-refractivity contribution >= 4 is 27.0 Å². The summed E-state index contributed by atoms with van der Waals surface area (Å²) in [6.45, 7) is 2.57. The van der Waals surface area contributed by atoms with Crippen LogP contribution in [0.2, 0.25) is 0 Å². The van der Waals surface area contributed by atoms with E-state index in [1.165, 1.54) is 3.71 Å². The lowest BCUT2D eigenvalue weighted by atomic mass is 10.2. The molecule has 0 atom stereocenters. The zero-order valence-electron chi connectivity index (χ0n) is 9.04. The Morgan fingerprint density at radius 2 is 2.06 bits per heavy atom. The smallest absolute Gasteiger partial charge is 0.253 e. The number of hydrogen-bond donors (Lipinski definition) is 0. The predicted molar refractivity (Wildman–Crippen MR) is 66.1 cm³/mol. The van der Waals surface area contributed by atoms with E-state index in [0.29, 0.717) is 17.0 Å². The van der Waals surface area contributed by atoms with E-state index in [-0.39, 0.29) is 0 Å². The van der Waals surface area contributed by atoms with E-state index in [1.807, 2.05) is 13.0 Å². The summed E-state index contributed by atoms with van der Waals surface area (Å²) in [6.07, 6.45) is 0. The molecule has 0 aromatic heterocycles. The van der Waals surface area contributed by atoms with E-state index in [9.17, 15) is 8.42 Å². The molecule has 0 spiro atoms.